The topological polar surface area (TPSA) is 114 Å². The molecule has 0 fully saturated rings. The molecule has 0 amide bonds. The normalized spacial score (nSPS) is 11.5. The molecular formula is C105H110Br4Cl6F22N2O7. The summed E-state index contributed by atoms with van der Waals surface area (Å²) in [5.41, 5.74) is 4.07. The van der Waals surface area contributed by atoms with Crippen LogP contribution in [-0.2, 0) is 18.5 Å². The molecule has 0 radical (unpaired) electrons. The Morgan fingerprint density at radius 3 is 0.863 bits per heavy atom. The number of nitrogens with zero attached hydrogens (tertiary/aromatic N) is 2. The Bertz CT molecular complexity index is 5410. The van der Waals surface area contributed by atoms with Crippen LogP contribution in [0.4, 0.5) is 108 Å². The summed E-state index contributed by atoms with van der Waals surface area (Å²) in [4.78, 5) is 19.6. The van der Waals surface area contributed by atoms with Gasteiger partial charge >= 0.3 is 49.0 Å². The van der Waals surface area contributed by atoms with E-state index in [4.69, 9.17) is 69.6 Å². The zero-order valence-electron chi connectivity index (χ0n) is 82.8. The molecule has 0 bridgehead atoms. The summed E-state index contributed by atoms with van der Waals surface area (Å²) in [5.74, 6) is -2.86. The van der Waals surface area contributed by atoms with Crippen molar-refractivity contribution >= 4 is 145 Å². The first-order valence-electron chi connectivity index (χ1n) is 44.2. The van der Waals surface area contributed by atoms with E-state index in [9.17, 15) is 117 Å². The molecule has 0 atom stereocenters. The molecule has 0 saturated heterocycles. The number of halogens is 32. The van der Waals surface area contributed by atoms with Gasteiger partial charge in [-0.1, -0.05) is 289 Å². The summed E-state index contributed by atoms with van der Waals surface area (Å²) in [6.07, 6.45) is -30.2. The zero-order valence-corrected chi connectivity index (χ0v) is 93.6. The third-order valence-corrected chi connectivity index (χ3v) is 25.6. The first kappa shape index (κ1) is 136. The number of nitro benzene ring substituents is 2. The fourth-order valence-corrected chi connectivity index (χ4v) is 13.5. The second kappa shape index (κ2) is 61.9. The molecule has 9 nitrogen and oxygen atoms in total. The zero-order chi connectivity index (χ0) is 113. The highest BCUT2D eigenvalue weighted by atomic mass is 79.9. The van der Waals surface area contributed by atoms with E-state index in [0.717, 1.165) is 81.0 Å². The summed E-state index contributed by atoms with van der Waals surface area (Å²) >= 11 is 48.1. The van der Waals surface area contributed by atoms with Gasteiger partial charge in [-0.05, 0) is 311 Å². The van der Waals surface area contributed by atoms with Crippen LogP contribution in [0.5, 0.6) is 17.2 Å². The smallest absolute Gasteiger partial charge is 0.405 e. The standard InChI is InChI=1S/C11H10F6O2.C11H10F6O.C11H10F6.C9H10Br2.2C9H10BrCl.C9H10Cl2.2C9H10ClF.C9H10F2.C9H10N2O4/c1-6(2)7-3-4-8(18-10(12,13)14)9(5-7)19-11(15,16)17;1-6(2)7-3-4-8(10(12,13)14)9(5-7)18-11(15,16)17;1-6(2)7-3-4-8(10(12,13)14)9(5-7)11(15,16)17;1-6(2)7-3-4-8(10)9(11)5-7;1-6(2)7-3-4-9(11)8(10)5-7;2*1-6(2)7-3-4-8(10)9(11)5-7;1-6(2)7-3-4-9(11)8(10)5-7;2*1-6(2)7-3-4-8(10)9(11)5-7;1-6(2)7-3-4-8(10(12)13)9(5-7)11(14)15/h3-6H,1-2H3;3-6H,1-2H3;3-6H,1-2H3;7*3-6H,1-2H3;3-6H,1-2H3. The van der Waals surface area contributed by atoms with Gasteiger partial charge in [0.1, 0.15) is 17.4 Å². The summed E-state index contributed by atoms with van der Waals surface area (Å²) < 4.78 is 286. The van der Waals surface area contributed by atoms with E-state index in [1.165, 1.54) is 64.7 Å². The quantitative estimate of drug-likeness (QED) is 0.0538. The van der Waals surface area contributed by atoms with Gasteiger partial charge in [-0.3, -0.25) is 20.2 Å². The van der Waals surface area contributed by atoms with Gasteiger partial charge in [0.05, 0.1) is 56.7 Å². The predicted molar refractivity (Wildman–Crippen MR) is 555 cm³/mol. The first-order valence-corrected chi connectivity index (χ1v) is 49.6. The van der Waals surface area contributed by atoms with E-state index in [0.29, 0.717) is 80.4 Å². The predicted octanol–water partition coefficient (Wildman–Crippen LogP) is 44.0. The Balaban J connectivity index is 0.000000808. The Morgan fingerprint density at radius 1 is 0.226 bits per heavy atom. The van der Waals surface area contributed by atoms with Gasteiger partial charge < -0.3 is 14.2 Å². The number of ether oxygens (including phenoxy) is 3. The molecule has 0 heterocycles. The molecule has 806 valence electrons. The van der Waals surface area contributed by atoms with Crippen LogP contribution in [0.3, 0.4) is 0 Å². The van der Waals surface area contributed by atoms with Crippen molar-refractivity contribution in [3.63, 3.8) is 0 Å². The monoisotopic (exact) mass is 2450 g/mol. The van der Waals surface area contributed by atoms with Gasteiger partial charge in [0.2, 0.25) is 0 Å². The maximum Gasteiger partial charge on any atom is 0.573 e. The lowest BCUT2D eigenvalue weighted by Crippen LogP contribution is -2.21. The van der Waals surface area contributed by atoms with E-state index in [2.05, 4.69) is 170 Å². The van der Waals surface area contributed by atoms with Crippen LogP contribution in [0.2, 0.25) is 30.1 Å². The maximum absolute atomic E-state index is 12.8. The third-order valence-electron chi connectivity index (χ3n) is 19.9. The van der Waals surface area contributed by atoms with E-state index < -0.39 is 104 Å². The van der Waals surface area contributed by atoms with Gasteiger partial charge in [-0.2, -0.15) is 39.5 Å². The summed E-state index contributed by atoms with van der Waals surface area (Å²) in [6, 6.07) is 49.4. The van der Waals surface area contributed by atoms with Crippen molar-refractivity contribution in [2.45, 2.75) is 255 Å². The van der Waals surface area contributed by atoms with E-state index in [1.807, 2.05) is 97.9 Å². The highest BCUT2D eigenvalue weighted by Crippen LogP contribution is 2.45. The molecule has 0 aliphatic carbocycles. The summed E-state index contributed by atoms with van der Waals surface area (Å²) in [7, 11) is 0. The molecule has 0 aromatic heterocycles. The van der Waals surface area contributed by atoms with Crippen LogP contribution in [0.1, 0.15) is 295 Å². The molecule has 0 saturated carbocycles. The Labute approximate surface area is 900 Å². The van der Waals surface area contributed by atoms with Gasteiger partial charge in [0.15, 0.2) is 23.1 Å². The van der Waals surface area contributed by atoms with Crippen LogP contribution >= 0.6 is 133 Å². The second-order valence-electron chi connectivity index (χ2n) is 35.1. The third kappa shape index (κ3) is 51.0. The summed E-state index contributed by atoms with van der Waals surface area (Å²) in [6.45, 7) is 42.9. The van der Waals surface area contributed by atoms with Gasteiger partial charge in [0.25, 0.3) is 0 Å². The highest BCUT2D eigenvalue weighted by molar-refractivity contribution is 9.13. The van der Waals surface area contributed by atoms with Crippen LogP contribution in [0.25, 0.3) is 0 Å². The lowest BCUT2D eigenvalue weighted by molar-refractivity contribution is -0.422. The van der Waals surface area contributed by atoms with E-state index in [-0.39, 0.29) is 56.8 Å². The van der Waals surface area contributed by atoms with Crippen molar-refractivity contribution in [3.8, 4) is 17.2 Å². The molecule has 0 unspecified atom stereocenters. The van der Waals surface area contributed by atoms with Crippen LogP contribution in [0.15, 0.2) is 218 Å². The van der Waals surface area contributed by atoms with Crippen molar-refractivity contribution in [1.82, 2.24) is 0 Å². The van der Waals surface area contributed by atoms with Gasteiger partial charge in [-0.25, -0.2) is 17.6 Å². The van der Waals surface area contributed by atoms with Crippen molar-refractivity contribution in [2.24, 2.45) is 0 Å². The molecule has 11 aromatic carbocycles. The van der Waals surface area contributed by atoms with Crippen LogP contribution in [-0.4, -0.2) is 28.9 Å². The minimum atomic E-state index is -5.16. The molecule has 41 heteroatoms. The average Bonchev–Trinajstić information content (AvgIpc) is 0.771. The summed E-state index contributed by atoms with van der Waals surface area (Å²) in [5, 5.41) is 24.3. The lowest BCUT2D eigenvalue weighted by atomic mass is 9.97. The van der Waals surface area contributed by atoms with Crippen LogP contribution in [0, 0.1) is 43.5 Å². The Kier molecular flexibility index (Phi) is 57.6. The molecule has 11 aromatic rings. The molecule has 0 aliphatic rings. The number of hydrogen-bond donors (Lipinski definition) is 0. The van der Waals surface area contributed by atoms with Crippen molar-refractivity contribution in [2.75, 3.05) is 0 Å². The minimum absolute atomic E-state index is 0.101. The molecule has 0 aliphatic heterocycles. The molecule has 0 N–H and O–H groups in total. The highest BCUT2D eigenvalue weighted by Gasteiger charge is 2.44. The van der Waals surface area contributed by atoms with Gasteiger partial charge in [0, 0.05) is 30.0 Å². The fourth-order valence-electron chi connectivity index (χ4n) is 11.3. The van der Waals surface area contributed by atoms with Crippen molar-refractivity contribution in [1.29, 1.82) is 0 Å². The largest absolute Gasteiger partial charge is 0.573 e. The van der Waals surface area contributed by atoms with E-state index >= 15 is 0 Å². The average molecular weight is 2460 g/mol. The first-order chi connectivity index (χ1) is 66.7. The van der Waals surface area contributed by atoms with Crippen molar-refractivity contribution < 1.29 is 121 Å². The Morgan fingerprint density at radius 2 is 0.507 bits per heavy atom. The van der Waals surface area contributed by atoms with Crippen molar-refractivity contribution in [3.05, 3.63) is 370 Å². The molecule has 0 spiro atoms. The number of alkyl halides is 18. The maximum atomic E-state index is 12.8. The molecule has 146 heavy (non-hydrogen) atoms. The minimum Gasteiger partial charge on any atom is -0.405 e. The number of rotatable bonds is 16. The Hall–Kier alpha value is -8.26. The fraction of sp³-hybridized carbons (Fsp3) is 0.371. The SMILES string of the molecule is CC(C)c1ccc(Br)c(Br)c1.CC(C)c1ccc(Br)c(Cl)c1.CC(C)c1ccc(C(F)(F)F)c(C(F)(F)F)c1.CC(C)c1ccc(C(F)(F)F)c(OC(F)(F)F)c1.CC(C)c1ccc(Cl)c(Br)c1.CC(C)c1ccc(Cl)c(Cl)c1.CC(C)c1ccc(Cl)c(F)c1.CC(C)c1ccc(F)c(Cl)c1.CC(C)c1ccc(F)c(F)c1.CC(C)c1ccc(OC(F)(F)F)c(OC(F)(F)F)c1.CC(C)c1ccc([N+](=O)[O-])c([N+](=O)[O-])c1. The number of benzene rings is 11. The molecular weight excluding hydrogens is 2350 g/mol. The van der Waals surface area contributed by atoms with E-state index in [1.54, 1.807) is 65.8 Å². The number of hydrogen-bond acceptors (Lipinski definition) is 7. The lowest BCUT2D eigenvalue weighted by Gasteiger charge is -2.17. The molecule has 11 rings (SSSR count). The number of nitro groups is 2. The van der Waals surface area contributed by atoms with Crippen LogP contribution < -0.4 is 14.2 Å². The van der Waals surface area contributed by atoms with Gasteiger partial charge in [-0.15, -0.1) is 39.5 Å². The second-order valence-corrected chi connectivity index (χ2v) is 40.9.